The summed E-state index contributed by atoms with van der Waals surface area (Å²) in [5, 5.41) is 0.679. The van der Waals surface area contributed by atoms with Crippen LogP contribution in [-0.2, 0) is 16.0 Å². The van der Waals surface area contributed by atoms with Crippen LogP contribution in [0.1, 0.15) is 18.1 Å². The number of hydrogen-bond donors (Lipinski definition) is 1. The molecule has 0 fully saturated rings. The van der Waals surface area contributed by atoms with Crippen molar-refractivity contribution in [2.75, 3.05) is 6.61 Å². The van der Waals surface area contributed by atoms with E-state index in [1.165, 1.54) is 0 Å². The lowest BCUT2D eigenvalue weighted by Crippen LogP contribution is -2.34. The van der Waals surface area contributed by atoms with Gasteiger partial charge in [-0.1, -0.05) is 17.7 Å². The molecule has 0 aliphatic rings. The third-order valence-corrected chi connectivity index (χ3v) is 3.67. The molecule has 0 radical (unpaired) electrons. The number of esters is 1. The summed E-state index contributed by atoms with van der Waals surface area (Å²) in [7, 11) is 0. The molecule has 0 spiro atoms. The van der Waals surface area contributed by atoms with Gasteiger partial charge in [-0.2, -0.15) is 0 Å². The number of halogens is 3. The number of carbonyl (C=O) groups excluding carboxylic acids is 1. The third-order valence-electron chi connectivity index (χ3n) is 2.31. The summed E-state index contributed by atoms with van der Waals surface area (Å²) in [5.41, 5.74) is 7.66. The topological polar surface area (TPSA) is 52.3 Å². The molecule has 0 aliphatic carbocycles. The van der Waals surface area contributed by atoms with Crippen LogP contribution in [0.15, 0.2) is 16.6 Å². The van der Waals surface area contributed by atoms with Crippen molar-refractivity contribution in [3.05, 3.63) is 32.8 Å². The Hall–Kier alpha value is -0.290. The van der Waals surface area contributed by atoms with Gasteiger partial charge in [0.25, 0.3) is 0 Å². The number of carbonyl (C=O) groups is 1. The standard InChI is InChI=1S/C12H15BrClNO2.ClH/c1-3-17-12(16)10(15)6-8-4-7(2)11(14)9(13)5-8;/h4-5,10H,3,6,15H2,1-2H3;1H. The van der Waals surface area contributed by atoms with Crippen molar-refractivity contribution in [2.45, 2.75) is 26.3 Å². The molecule has 6 heteroatoms. The van der Waals surface area contributed by atoms with E-state index < -0.39 is 6.04 Å². The van der Waals surface area contributed by atoms with Crippen LogP contribution in [0.3, 0.4) is 0 Å². The van der Waals surface area contributed by atoms with Crippen molar-refractivity contribution in [1.82, 2.24) is 0 Å². The first-order valence-corrected chi connectivity index (χ1v) is 6.49. The molecule has 0 amide bonds. The minimum atomic E-state index is -0.637. The van der Waals surface area contributed by atoms with Crippen LogP contribution in [-0.4, -0.2) is 18.6 Å². The van der Waals surface area contributed by atoms with Crippen molar-refractivity contribution in [1.29, 1.82) is 0 Å². The molecule has 1 aromatic carbocycles. The molecule has 3 nitrogen and oxygen atoms in total. The molecule has 0 saturated carbocycles. The molecule has 1 rings (SSSR count). The second-order valence-electron chi connectivity index (χ2n) is 3.77. The molecule has 18 heavy (non-hydrogen) atoms. The summed E-state index contributed by atoms with van der Waals surface area (Å²) >= 11 is 9.39. The van der Waals surface area contributed by atoms with Gasteiger partial charge >= 0.3 is 5.97 Å². The Morgan fingerprint density at radius 3 is 2.67 bits per heavy atom. The van der Waals surface area contributed by atoms with Crippen molar-refractivity contribution in [3.63, 3.8) is 0 Å². The minimum Gasteiger partial charge on any atom is -0.465 e. The second-order valence-corrected chi connectivity index (χ2v) is 5.00. The zero-order chi connectivity index (χ0) is 13.0. The number of hydrogen-bond acceptors (Lipinski definition) is 3. The number of nitrogens with two attached hydrogens (primary N) is 1. The van der Waals surface area contributed by atoms with E-state index in [9.17, 15) is 4.79 Å². The minimum absolute atomic E-state index is 0. The maximum atomic E-state index is 11.4. The highest BCUT2D eigenvalue weighted by Gasteiger charge is 2.16. The SMILES string of the molecule is CCOC(=O)C(N)Cc1cc(C)c(Cl)c(Br)c1.Cl. The quantitative estimate of drug-likeness (QED) is 0.842. The summed E-state index contributed by atoms with van der Waals surface area (Å²) < 4.78 is 5.67. The Morgan fingerprint density at radius 1 is 1.56 bits per heavy atom. The van der Waals surface area contributed by atoms with E-state index in [1.54, 1.807) is 6.92 Å². The van der Waals surface area contributed by atoms with Gasteiger partial charge in [-0.15, -0.1) is 12.4 Å². The highest BCUT2D eigenvalue weighted by Crippen LogP contribution is 2.27. The van der Waals surface area contributed by atoms with Crippen LogP contribution in [0.5, 0.6) is 0 Å². The largest absolute Gasteiger partial charge is 0.465 e. The van der Waals surface area contributed by atoms with Crippen LogP contribution in [0.25, 0.3) is 0 Å². The van der Waals surface area contributed by atoms with Gasteiger partial charge in [0.05, 0.1) is 11.6 Å². The molecule has 0 aromatic heterocycles. The molecule has 0 saturated heterocycles. The van der Waals surface area contributed by atoms with Crippen LogP contribution in [0, 0.1) is 6.92 Å². The normalized spacial score (nSPS) is 11.6. The van der Waals surface area contributed by atoms with E-state index in [2.05, 4.69) is 15.9 Å². The van der Waals surface area contributed by atoms with Crippen LogP contribution >= 0.6 is 39.9 Å². The molecular weight excluding hydrogens is 341 g/mol. The average Bonchev–Trinajstić information content (AvgIpc) is 2.26. The van der Waals surface area contributed by atoms with Gasteiger partial charge in [-0.05, 0) is 53.4 Å². The molecule has 0 bridgehead atoms. The zero-order valence-corrected chi connectivity index (χ0v) is 13.4. The predicted octanol–water partition coefficient (Wildman–Crippen LogP) is 3.27. The van der Waals surface area contributed by atoms with Gasteiger partial charge < -0.3 is 10.5 Å². The first-order valence-electron chi connectivity index (χ1n) is 5.32. The molecular formula is C12H16BrCl2NO2. The fraction of sp³-hybridized carbons (Fsp3) is 0.417. The van der Waals surface area contributed by atoms with Crippen molar-refractivity contribution in [3.8, 4) is 0 Å². The van der Waals surface area contributed by atoms with Crippen molar-refractivity contribution >= 4 is 45.9 Å². The second kappa shape index (κ2) is 8.00. The van der Waals surface area contributed by atoms with Crippen molar-refractivity contribution < 1.29 is 9.53 Å². The van der Waals surface area contributed by atoms with Crippen LogP contribution in [0.2, 0.25) is 5.02 Å². The Morgan fingerprint density at radius 2 is 2.17 bits per heavy atom. The van der Waals surface area contributed by atoms with Crippen LogP contribution in [0.4, 0.5) is 0 Å². The maximum absolute atomic E-state index is 11.4. The Bertz CT molecular complexity index is 404. The highest BCUT2D eigenvalue weighted by molar-refractivity contribution is 9.10. The zero-order valence-electron chi connectivity index (χ0n) is 10.2. The van der Waals surface area contributed by atoms with E-state index in [-0.39, 0.29) is 18.4 Å². The van der Waals surface area contributed by atoms with E-state index >= 15 is 0 Å². The summed E-state index contributed by atoms with van der Waals surface area (Å²) in [6, 6.07) is 3.16. The van der Waals surface area contributed by atoms with Crippen molar-refractivity contribution in [2.24, 2.45) is 5.73 Å². The monoisotopic (exact) mass is 355 g/mol. The molecule has 102 valence electrons. The molecule has 2 N–H and O–H groups in total. The Labute approximate surface area is 127 Å². The maximum Gasteiger partial charge on any atom is 0.323 e. The lowest BCUT2D eigenvalue weighted by atomic mass is 10.0. The fourth-order valence-corrected chi connectivity index (χ4v) is 2.22. The van der Waals surface area contributed by atoms with E-state index in [1.807, 2.05) is 19.1 Å². The smallest absolute Gasteiger partial charge is 0.323 e. The van der Waals surface area contributed by atoms with Gasteiger partial charge in [-0.3, -0.25) is 4.79 Å². The summed E-state index contributed by atoms with van der Waals surface area (Å²) in [4.78, 5) is 11.4. The Balaban J connectivity index is 0.00000289. The number of aryl methyl sites for hydroxylation is 1. The van der Waals surface area contributed by atoms with Gasteiger partial charge in [0.2, 0.25) is 0 Å². The summed E-state index contributed by atoms with van der Waals surface area (Å²) in [6.07, 6.45) is 0.440. The molecule has 0 heterocycles. The number of benzene rings is 1. The molecule has 0 aliphatic heterocycles. The van der Waals surface area contributed by atoms with Gasteiger partial charge in [0, 0.05) is 4.47 Å². The predicted molar refractivity (Wildman–Crippen MR) is 79.4 cm³/mol. The Kier molecular flexibility index (Phi) is 7.87. The van der Waals surface area contributed by atoms with Gasteiger partial charge in [-0.25, -0.2) is 0 Å². The summed E-state index contributed by atoms with van der Waals surface area (Å²) in [5.74, 6) is -0.378. The summed E-state index contributed by atoms with van der Waals surface area (Å²) in [6.45, 7) is 4.01. The first-order chi connectivity index (χ1) is 7.95. The molecule has 1 unspecified atom stereocenters. The lowest BCUT2D eigenvalue weighted by molar-refractivity contribution is -0.144. The van der Waals surface area contributed by atoms with Gasteiger partial charge in [0.15, 0.2) is 0 Å². The number of ether oxygens (including phenoxy) is 1. The lowest BCUT2D eigenvalue weighted by Gasteiger charge is -2.12. The van der Waals surface area contributed by atoms with Gasteiger partial charge in [0.1, 0.15) is 6.04 Å². The van der Waals surface area contributed by atoms with E-state index in [0.29, 0.717) is 18.1 Å². The first kappa shape index (κ1) is 17.7. The van der Waals surface area contributed by atoms with E-state index in [4.69, 9.17) is 22.1 Å². The molecule has 1 aromatic rings. The average molecular weight is 357 g/mol. The number of rotatable bonds is 4. The highest BCUT2D eigenvalue weighted by atomic mass is 79.9. The van der Waals surface area contributed by atoms with Crippen LogP contribution < -0.4 is 5.73 Å². The third kappa shape index (κ3) is 4.76. The molecule has 1 atom stereocenters. The van der Waals surface area contributed by atoms with E-state index in [0.717, 1.165) is 15.6 Å². The fourth-order valence-electron chi connectivity index (χ4n) is 1.50.